The van der Waals surface area contributed by atoms with Gasteiger partial charge in [-0.1, -0.05) is 61.8 Å². The first kappa shape index (κ1) is 39.3. The second kappa shape index (κ2) is 20.2. The summed E-state index contributed by atoms with van der Waals surface area (Å²) in [7, 11) is 0. The Morgan fingerprint density at radius 1 is 0.643 bits per heavy atom. The maximum absolute atomic E-state index is 13.5. The van der Waals surface area contributed by atoms with Gasteiger partial charge in [-0.25, -0.2) is 4.79 Å². The number of hydrogen-bond donors (Lipinski definition) is 7. The highest BCUT2D eigenvalue weighted by atomic mass is 16.4. The predicted molar refractivity (Wildman–Crippen MR) is 164 cm³/mol. The summed E-state index contributed by atoms with van der Waals surface area (Å²) < 4.78 is 0. The number of carbonyl (C=O) groups is 5. The molecule has 0 rings (SSSR count). The van der Waals surface area contributed by atoms with Crippen LogP contribution in [0, 0.1) is 23.7 Å². The van der Waals surface area contributed by atoms with E-state index in [2.05, 4.69) is 21.3 Å². The number of amides is 4. The Kier molecular flexibility index (Phi) is 18.9. The molecule has 0 radical (unpaired) electrons. The summed E-state index contributed by atoms with van der Waals surface area (Å²) in [5, 5.41) is 20.5. The van der Waals surface area contributed by atoms with Gasteiger partial charge < -0.3 is 37.8 Å². The predicted octanol–water partition coefficient (Wildman–Crippen LogP) is 1.65. The van der Waals surface area contributed by atoms with Gasteiger partial charge in [0.1, 0.15) is 24.2 Å². The fourth-order valence-corrected chi connectivity index (χ4v) is 4.54. The standard InChI is InChI=1S/C30H58N6O6/c1-9-20(8)25(29(40)35-24(30(41)42)16-19(6)7)36-27(38)22(12-10-11-13-31)33-28(39)23(15-18(4)5)34-26(37)21(32)14-17(2)3/h17-25H,9-16,31-32H2,1-8H3,(H,33,39)(H,34,37)(H,35,40)(H,36,38)(H,41,42)/t20-,21-,22-,23-,24-,25-/m0/s1. The van der Waals surface area contributed by atoms with E-state index in [0.29, 0.717) is 38.6 Å². The molecule has 0 saturated heterocycles. The molecule has 0 aromatic rings. The molecule has 0 aliphatic heterocycles. The zero-order chi connectivity index (χ0) is 32.6. The minimum Gasteiger partial charge on any atom is -0.480 e. The van der Waals surface area contributed by atoms with E-state index in [1.54, 1.807) is 6.92 Å². The van der Waals surface area contributed by atoms with Crippen LogP contribution in [0.3, 0.4) is 0 Å². The largest absolute Gasteiger partial charge is 0.480 e. The number of carboxylic acid groups (broad SMARTS) is 1. The monoisotopic (exact) mass is 598 g/mol. The maximum Gasteiger partial charge on any atom is 0.326 e. The van der Waals surface area contributed by atoms with Gasteiger partial charge in [-0.15, -0.1) is 0 Å². The average Bonchev–Trinajstić information content (AvgIpc) is 2.88. The van der Waals surface area contributed by atoms with Crippen molar-refractivity contribution in [2.24, 2.45) is 35.1 Å². The molecule has 0 bridgehead atoms. The molecule has 0 saturated carbocycles. The van der Waals surface area contributed by atoms with Gasteiger partial charge in [0.15, 0.2) is 0 Å². The summed E-state index contributed by atoms with van der Waals surface area (Å²) in [5.74, 6) is -3.27. The van der Waals surface area contributed by atoms with Gasteiger partial charge in [0, 0.05) is 0 Å². The van der Waals surface area contributed by atoms with E-state index in [1.807, 2.05) is 48.5 Å². The molecular weight excluding hydrogens is 540 g/mol. The number of rotatable bonds is 21. The van der Waals surface area contributed by atoms with Crippen LogP contribution in [0.4, 0.5) is 0 Å². The maximum atomic E-state index is 13.5. The zero-order valence-corrected chi connectivity index (χ0v) is 27.0. The Bertz CT molecular complexity index is 865. The highest BCUT2D eigenvalue weighted by Gasteiger charge is 2.34. The van der Waals surface area contributed by atoms with Crippen LogP contribution in [-0.4, -0.2) is 71.5 Å². The van der Waals surface area contributed by atoms with Gasteiger partial charge in [-0.2, -0.15) is 0 Å². The summed E-state index contributed by atoms with van der Waals surface area (Å²) in [6.07, 6.45) is 3.03. The summed E-state index contributed by atoms with van der Waals surface area (Å²) in [4.78, 5) is 64.7. The number of hydrogen-bond acceptors (Lipinski definition) is 7. The van der Waals surface area contributed by atoms with Crippen molar-refractivity contribution < 1.29 is 29.1 Å². The van der Waals surface area contributed by atoms with Crippen LogP contribution in [0.2, 0.25) is 0 Å². The minimum absolute atomic E-state index is 0.0318. The van der Waals surface area contributed by atoms with Crippen molar-refractivity contribution >= 4 is 29.6 Å². The third-order valence-corrected chi connectivity index (χ3v) is 7.10. The van der Waals surface area contributed by atoms with E-state index in [1.165, 1.54) is 0 Å². The average molecular weight is 599 g/mol. The van der Waals surface area contributed by atoms with Crippen LogP contribution in [0.1, 0.15) is 100 Å². The van der Waals surface area contributed by atoms with Crippen molar-refractivity contribution in [1.29, 1.82) is 0 Å². The molecule has 0 aromatic heterocycles. The van der Waals surface area contributed by atoms with E-state index in [-0.39, 0.29) is 36.5 Å². The van der Waals surface area contributed by atoms with Crippen LogP contribution in [0.5, 0.6) is 0 Å². The molecule has 0 fully saturated rings. The van der Waals surface area contributed by atoms with Crippen LogP contribution < -0.4 is 32.7 Å². The normalized spacial score (nSPS) is 15.8. The topological polar surface area (TPSA) is 206 Å². The Balaban J connectivity index is 5.93. The number of nitrogens with two attached hydrogens (primary N) is 2. The number of unbranched alkanes of at least 4 members (excludes halogenated alkanes) is 1. The molecule has 0 aliphatic rings. The van der Waals surface area contributed by atoms with Crippen molar-refractivity contribution in [2.75, 3.05) is 6.54 Å². The first-order chi connectivity index (χ1) is 19.5. The Labute approximate surface area is 252 Å². The molecule has 6 atom stereocenters. The highest BCUT2D eigenvalue weighted by Crippen LogP contribution is 2.13. The summed E-state index contributed by atoms with van der Waals surface area (Å²) in [6, 6.07) is -4.77. The van der Waals surface area contributed by atoms with Gasteiger partial charge in [-0.05, 0) is 68.7 Å². The van der Waals surface area contributed by atoms with E-state index < -0.39 is 59.8 Å². The smallest absolute Gasteiger partial charge is 0.326 e. The Morgan fingerprint density at radius 3 is 1.60 bits per heavy atom. The lowest BCUT2D eigenvalue weighted by Crippen LogP contribution is -2.59. The van der Waals surface area contributed by atoms with Crippen molar-refractivity contribution in [2.45, 2.75) is 131 Å². The summed E-state index contributed by atoms with van der Waals surface area (Å²) in [6.45, 7) is 15.5. The van der Waals surface area contributed by atoms with Crippen molar-refractivity contribution in [3.05, 3.63) is 0 Å². The van der Waals surface area contributed by atoms with Crippen molar-refractivity contribution in [1.82, 2.24) is 21.3 Å². The number of nitrogens with one attached hydrogen (secondary N) is 4. The molecule has 12 nitrogen and oxygen atoms in total. The quantitative estimate of drug-likeness (QED) is 0.0965. The Hall–Kier alpha value is -2.73. The zero-order valence-electron chi connectivity index (χ0n) is 27.0. The van der Waals surface area contributed by atoms with Gasteiger partial charge in [0.05, 0.1) is 6.04 Å². The molecule has 12 heteroatoms. The molecule has 0 heterocycles. The molecule has 4 amide bonds. The van der Waals surface area contributed by atoms with E-state index in [4.69, 9.17) is 11.5 Å². The lowest BCUT2D eigenvalue weighted by atomic mass is 9.96. The molecule has 0 unspecified atom stereocenters. The number of aliphatic carboxylic acids is 1. The molecular formula is C30H58N6O6. The minimum atomic E-state index is -1.15. The molecule has 42 heavy (non-hydrogen) atoms. The molecule has 0 aliphatic carbocycles. The first-order valence-corrected chi connectivity index (χ1v) is 15.4. The van der Waals surface area contributed by atoms with Gasteiger partial charge in [0.2, 0.25) is 23.6 Å². The van der Waals surface area contributed by atoms with Crippen LogP contribution in [-0.2, 0) is 24.0 Å². The molecule has 0 aromatic carbocycles. The van der Waals surface area contributed by atoms with Gasteiger partial charge in [0.25, 0.3) is 0 Å². The van der Waals surface area contributed by atoms with Crippen molar-refractivity contribution in [3.63, 3.8) is 0 Å². The van der Waals surface area contributed by atoms with Crippen LogP contribution in [0.25, 0.3) is 0 Å². The van der Waals surface area contributed by atoms with E-state index in [0.717, 1.165) is 0 Å². The number of carbonyl (C=O) groups excluding carboxylic acids is 4. The second-order valence-electron chi connectivity index (χ2n) is 12.7. The summed E-state index contributed by atoms with van der Waals surface area (Å²) in [5.41, 5.74) is 11.7. The SMILES string of the molecule is CC[C@H](C)[C@H](NC(=O)[C@H](CCCCN)NC(=O)[C@H](CC(C)C)NC(=O)[C@@H](N)CC(C)C)C(=O)N[C@@H](CC(C)C)C(=O)O. The molecule has 0 spiro atoms. The highest BCUT2D eigenvalue weighted by molar-refractivity contribution is 5.95. The van der Waals surface area contributed by atoms with Crippen LogP contribution >= 0.6 is 0 Å². The van der Waals surface area contributed by atoms with Gasteiger partial charge in [-0.3, -0.25) is 19.2 Å². The fraction of sp³-hybridized carbons (Fsp3) is 0.833. The number of carboxylic acids is 1. The van der Waals surface area contributed by atoms with Gasteiger partial charge >= 0.3 is 5.97 Å². The molecule has 244 valence electrons. The summed E-state index contributed by atoms with van der Waals surface area (Å²) >= 11 is 0. The van der Waals surface area contributed by atoms with E-state index >= 15 is 0 Å². The third kappa shape index (κ3) is 15.5. The van der Waals surface area contributed by atoms with Crippen molar-refractivity contribution in [3.8, 4) is 0 Å². The second-order valence-corrected chi connectivity index (χ2v) is 12.7. The first-order valence-electron chi connectivity index (χ1n) is 15.4. The lowest BCUT2D eigenvalue weighted by Gasteiger charge is -2.29. The third-order valence-electron chi connectivity index (χ3n) is 7.10. The lowest BCUT2D eigenvalue weighted by molar-refractivity contribution is -0.143. The van der Waals surface area contributed by atoms with Crippen LogP contribution in [0.15, 0.2) is 0 Å². The Morgan fingerprint density at radius 2 is 1.12 bits per heavy atom. The molecule has 9 N–H and O–H groups in total. The van der Waals surface area contributed by atoms with E-state index in [9.17, 15) is 29.1 Å². The fourth-order valence-electron chi connectivity index (χ4n) is 4.54.